The minimum Gasteiger partial charge on any atom is -0.309 e. The number of rotatable bonds is 5. The van der Waals surface area contributed by atoms with E-state index in [4.69, 9.17) is 0 Å². The van der Waals surface area contributed by atoms with Crippen LogP contribution in [0.15, 0.2) is 170 Å². The molecular weight excluding hydrogens is 767 g/mol. The number of benzene rings is 8. The molecule has 0 saturated carbocycles. The van der Waals surface area contributed by atoms with Gasteiger partial charge in [0.1, 0.15) is 0 Å². The van der Waals surface area contributed by atoms with E-state index in [1.807, 2.05) is 147 Å². The van der Waals surface area contributed by atoms with Crippen LogP contribution in [-0.2, 0) is 12.4 Å². The lowest BCUT2D eigenvalue weighted by atomic mass is 9.96. The summed E-state index contributed by atoms with van der Waals surface area (Å²) in [7, 11) is 0. The van der Waals surface area contributed by atoms with E-state index in [2.05, 4.69) is 0 Å². The van der Waals surface area contributed by atoms with E-state index in [0.29, 0.717) is 22.1 Å². The van der Waals surface area contributed by atoms with Crippen LogP contribution in [0, 0.1) is 13.8 Å². The smallest absolute Gasteiger partial charge is 0.309 e. The molecule has 0 unspecified atom stereocenters. The molecule has 0 aliphatic heterocycles. The van der Waals surface area contributed by atoms with E-state index >= 15 is 13.2 Å². The molecule has 0 saturated heterocycles. The highest BCUT2D eigenvalue weighted by atomic mass is 19.4. The van der Waals surface area contributed by atoms with Gasteiger partial charge in [0, 0.05) is 27.1 Å². The Bertz CT molecular complexity index is 3110. The maximum Gasteiger partial charge on any atom is 0.416 e. The van der Waals surface area contributed by atoms with Gasteiger partial charge in [-0.15, -0.1) is 0 Å². The molecule has 8 aromatic carbocycles. The quantitative estimate of drug-likeness (QED) is 0.153. The first-order chi connectivity index (χ1) is 28.8. The van der Waals surface area contributed by atoms with Gasteiger partial charge in [-0.25, -0.2) is 0 Å². The monoisotopic (exact) mass is 800 g/mol. The van der Waals surface area contributed by atoms with Crippen molar-refractivity contribution in [2.45, 2.75) is 26.2 Å². The van der Waals surface area contributed by atoms with E-state index in [1.165, 1.54) is 6.07 Å². The first-order valence-corrected chi connectivity index (χ1v) is 19.5. The minimum atomic E-state index is -4.83. The Morgan fingerprint density at radius 3 is 1.20 bits per heavy atom. The molecule has 0 aliphatic carbocycles. The summed E-state index contributed by atoms with van der Waals surface area (Å²) in [4.78, 5) is 0. The number of halogens is 6. The predicted molar refractivity (Wildman–Crippen MR) is 231 cm³/mol. The molecule has 0 bridgehead atoms. The molecule has 0 amide bonds. The fourth-order valence-electron chi connectivity index (χ4n) is 8.59. The van der Waals surface area contributed by atoms with Gasteiger partial charge in [-0.2, -0.15) is 26.3 Å². The summed E-state index contributed by atoms with van der Waals surface area (Å²) in [6, 6.07) is 49.6. The highest BCUT2D eigenvalue weighted by Crippen LogP contribution is 2.47. The zero-order chi connectivity index (χ0) is 41.5. The zero-order valence-corrected chi connectivity index (χ0v) is 32.3. The van der Waals surface area contributed by atoms with Gasteiger partial charge in [0.25, 0.3) is 0 Å². The largest absolute Gasteiger partial charge is 0.416 e. The van der Waals surface area contributed by atoms with Gasteiger partial charge in [0.05, 0.1) is 44.6 Å². The average molecular weight is 801 g/mol. The molecule has 60 heavy (non-hydrogen) atoms. The van der Waals surface area contributed by atoms with E-state index < -0.39 is 23.5 Å². The van der Waals surface area contributed by atoms with Crippen LogP contribution in [0.4, 0.5) is 26.3 Å². The normalized spacial score (nSPS) is 12.3. The molecule has 0 spiro atoms. The second kappa shape index (κ2) is 13.8. The lowest BCUT2D eigenvalue weighted by Crippen LogP contribution is -2.11. The van der Waals surface area contributed by atoms with E-state index in [-0.39, 0.29) is 22.5 Å². The van der Waals surface area contributed by atoms with Crippen molar-refractivity contribution in [2.24, 2.45) is 0 Å². The summed E-state index contributed by atoms with van der Waals surface area (Å²) in [5.74, 6) is 0. The molecule has 0 aliphatic rings. The number of hydrogen-bond acceptors (Lipinski definition) is 0. The third kappa shape index (κ3) is 6.22. The number of hydrogen-bond donors (Lipinski definition) is 0. The van der Waals surface area contributed by atoms with Crippen molar-refractivity contribution in [1.29, 1.82) is 0 Å². The van der Waals surface area contributed by atoms with Gasteiger partial charge in [-0.3, -0.25) is 0 Å². The number of nitrogens with zero attached hydrogens (tertiary/aromatic N) is 2. The number of alkyl halides is 6. The molecule has 0 radical (unpaired) electrons. The number of aryl methyl sites for hydroxylation is 2. The van der Waals surface area contributed by atoms with E-state index in [9.17, 15) is 13.2 Å². The average Bonchev–Trinajstić information content (AvgIpc) is 3.75. The van der Waals surface area contributed by atoms with Crippen LogP contribution in [0.3, 0.4) is 0 Å². The van der Waals surface area contributed by atoms with Crippen LogP contribution in [-0.4, -0.2) is 9.13 Å². The zero-order valence-electron chi connectivity index (χ0n) is 32.3. The van der Waals surface area contributed by atoms with Gasteiger partial charge in [0.15, 0.2) is 0 Å². The van der Waals surface area contributed by atoms with Crippen LogP contribution in [0.2, 0.25) is 0 Å². The fraction of sp³-hybridized carbons (Fsp3) is 0.0769. The van der Waals surface area contributed by atoms with Crippen molar-refractivity contribution in [3.63, 3.8) is 0 Å². The molecule has 10 aromatic rings. The summed E-state index contributed by atoms with van der Waals surface area (Å²) in [5, 5.41) is 3.15. The number of para-hydroxylation sites is 2. The Morgan fingerprint density at radius 1 is 0.333 bits per heavy atom. The van der Waals surface area contributed by atoms with E-state index in [0.717, 1.165) is 79.2 Å². The Kier molecular flexibility index (Phi) is 8.54. The van der Waals surface area contributed by atoms with Gasteiger partial charge in [-0.05, 0) is 90.2 Å². The van der Waals surface area contributed by atoms with Crippen LogP contribution in [0.25, 0.3) is 88.4 Å². The minimum absolute atomic E-state index is 0.0898. The Balaban J connectivity index is 1.39. The van der Waals surface area contributed by atoms with Crippen LogP contribution < -0.4 is 0 Å². The van der Waals surface area contributed by atoms with Gasteiger partial charge in [-0.1, -0.05) is 132 Å². The molecule has 2 heterocycles. The molecule has 8 heteroatoms. The van der Waals surface area contributed by atoms with Crippen molar-refractivity contribution < 1.29 is 26.3 Å². The molecule has 0 fully saturated rings. The van der Waals surface area contributed by atoms with Gasteiger partial charge >= 0.3 is 12.4 Å². The van der Waals surface area contributed by atoms with Crippen LogP contribution in [0.1, 0.15) is 22.3 Å². The fourth-order valence-corrected chi connectivity index (χ4v) is 8.59. The van der Waals surface area contributed by atoms with Crippen molar-refractivity contribution in [2.75, 3.05) is 0 Å². The van der Waals surface area contributed by atoms with Gasteiger partial charge in [0.2, 0.25) is 0 Å². The summed E-state index contributed by atoms with van der Waals surface area (Å²) in [6.45, 7) is 3.98. The number of fused-ring (bicyclic) bond motifs is 6. The molecule has 0 atom stereocenters. The maximum absolute atomic E-state index is 15.5. The van der Waals surface area contributed by atoms with Crippen LogP contribution in [0.5, 0.6) is 0 Å². The van der Waals surface area contributed by atoms with Crippen molar-refractivity contribution in [3.05, 3.63) is 192 Å². The summed E-state index contributed by atoms with van der Waals surface area (Å²) in [5.41, 5.74) is 6.74. The molecule has 294 valence electrons. The third-order valence-corrected chi connectivity index (χ3v) is 11.5. The first-order valence-electron chi connectivity index (χ1n) is 19.5. The molecule has 2 nitrogen and oxygen atoms in total. The Labute approximate surface area is 341 Å². The van der Waals surface area contributed by atoms with E-state index in [1.54, 1.807) is 15.2 Å². The summed E-state index contributed by atoms with van der Waals surface area (Å²) in [6.07, 6.45) is -9.54. The van der Waals surface area contributed by atoms with Crippen molar-refractivity contribution >= 4 is 43.6 Å². The molecule has 0 N–H and O–H groups in total. The topological polar surface area (TPSA) is 9.86 Å². The lowest BCUT2D eigenvalue weighted by molar-refractivity contribution is -0.138. The highest BCUT2D eigenvalue weighted by molar-refractivity contribution is 6.13. The molecular formula is C52H34F6N2. The SMILES string of the molecule is Cc1ccc(-c2ccc3c4ccccc4n(-c4cc(C(F)(F)F)cc(-n5c6ccccc6c6ccc(-c7ccc(C)cc7)cc65)c4-c4cccc(C(F)(F)F)c4)c3c2)cc1. The van der Waals surface area contributed by atoms with Crippen molar-refractivity contribution in [1.82, 2.24) is 9.13 Å². The standard InChI is InChI=1S/C52H34F6N2/c1-31-14-18-33(19-15-31)35-22-24-42-40-10-3-5-12-44(40)59(46(42)27-35)48-29-39(52(56,57)58)30-49(50(48)37-8-7-9-38(26-37)51(53,54)55)60-45-13-6-4-11-41(45)43-25-23-36(28-47(43)60)34-20-16-32(2)17-21-34/h3-30H,1-2H3. The Morgan fingerprint density at radius 2 is 0.750 bits per heavy atom. The second-order valence-corrected chi connectivity index (χ2v) is 15.4. The third-order valence-electron chi connectivity index (χ3n) is 11.5. The predicted octanol–water partition coefficient (Wildman–Crippen LogP) is 15.5. The summed E-state index contributed by atoms with van der Waals surface area (Å²) >= 11 is 0. The maximum atomic E-state index is 15.5. The van der Waals surface area contributed by atoms with Crippen LogP contribution >= 0.6 is 0 Å². The number of aromatic nitrogens is 2. The van der Waals surface area contributed by atoms with Crippen molar-refractivity contribution in [3.8, 4) is 44.8 Å². The lowest BCUT2D eigenvalue weighted by Gasteiger charge is -2.23. The molecule has 2 aromatic heterocycles. The first kappa shape index (κ1) is 37.2. The van der Waals surface area contributed by atoms with Gasteiger partial charge < -0.3 is 9.13 Å². The molecule has 10 rings (SSSR count). The second-order valence-electron chi connectivity index (χ2n) is 15.4. The highest BCUT2D eigenvalue weighted by Gasteiger charge is 2.35. The summed E-state index contributed by atoms with van der Waals surface area (Å²) < 4.78 is 93.9. The Hall–Kier alpha value is -7.06.